The van der Waals surface area contributed by atoms with Crippen molar-refractivity contribution in [3.63, 3.8) is 0 Å². The number of rotatable bonds is 4. The molecule has 0 aliphatic carbocycles. The number of fused-ring (bicyclic) bond motifs is 1. The quantitative estimate of drug-likeness (QED) is 0.352. The minimum Gasteiger partial charge on any atom is -0.253 e. The molecule has 0 amide bonds. The van der Waals surface area contributed by atoms with E-state index in [1.54, 1.807) is 0 Å². The monoisotopic (exact) mass is 361 g/mol. The fraction of sp³-hybridized carbons (Fsp3) is 0.0741. The van der Waals surface area contributed by atoms with Crippen LogP contribution in [0.4, 0.5) is 0 Å². The van der Waals surface area contributed by atoms with E-state index in [1.165, 1.54) is 38.8 Å². The summed E-state index contributed by atoms with van der Waals surface area (Å²) in [4.78, 5) is 4.91. The number of pyridine rings is 1. The number of aryl methyl sites for hydroxylation is 2. The molecule has 0 aliphatic rings. The first kappa shape index (κ1) is 17.9. The minimum atomic E-state index is 1.03. The van der Waals surface area contributed by atoms with Crippen molar-refractivity contribution in [2.75, 3.05) is 0 Å². The number of aromatic nitrogens is 1. The fourth-order valence-corrected chi connectivity index (χ4v) is 3.78. The molecule has 0 radical (unpaired) electrons. The normalized spacial score (nSPS) is 11.6. The average Bonchev–Trinajstić information content (AvgIpc) is 2.74. The predicted octanol–water partition coefficient (Wildman–Crippen LogP) is 7.14. The van der Waals surface area contributed by atoms with Gasteiger partial charge < -0.3 is 0 Å². The van der Waals surface area contributed by atoms with Gasteiger partial charge in [-0.25, -0.2) is 0 Å². The van der Waals surface area contributed by atoms with E-state index < -0.39 is 0 Å². The molecule has 0 atom stereocenters. The van der Waals surface area contributed by atoms with Gasteiger partial charge in [0.25, 0.3) is 0 Å². The Morgan fingerprint density at radius 1 is 0.857 bits per heavy atom. The first-order valence-corrected chi connectivity index (χ1v) is 9.54. The molecule has 0 bridgehead atoms. The molecule has 0 saturated carbocycles. The minimum absolute atomic E-state index is 1.03. The molecule has 1 heteroatoms. The molecule has 1 nitrogen and oxygen atoms in total. The summed E-state index contributed by atoms with van der Waals surface area (Å²) in [5, 5.41) is 1.18. The summed E-state index contributed by atoms with van der Waals surface area (Å²) in [6.07, 6.45) is 3.93. The Kier molecular flexibility index (Phi) is 4.90. The summed E-state index contributed by atoms with van der Waals surface area (Å²) < 4.78 is 0. The van der Waals surface area contributed by atoms with Crippen LogP contribution in [0, 0.1) is 13.8 Å². The van der Waals surface area contributed by atoms with Gasteiger partial charge in [0.05, 0.1) is 5.52 Å². The van der Waals surface area contributed by atoms with Crippen LogP contribution in [-0.2, 0) is 0 Å². The van der Waals surface area contributed by atoms with Gasteiger partial charge in [-0.15, -0.1) is 0 Å². The van der Waals surface area contributed by atoms with Gasteiger partial charge in [0.15, 0.2) is 0 Å². The van der Waals surface area contributed by atoms with Gasteiger partial charge >= 0.3 is 0 Å². The lowest BCUT2D eigenvalue weighted by Gasteiger charge is -2.16. The number of benzene rings is 3. The lowest BCUT2D eigenvalue weighted by atomic mass is 9.90. The molecule has 3 aromatic carbocycles. The van der Waals surface area contributed by atoms with Crippen molar-refractivity contribution in [1.82, 2.24) is 4.98 Å². The average molecular weight is 361 g/mol. The van der Waals surface area contributed by atoms with Crippen molar-refractivity contribution < 1.29 is 0 Å². The first-order chi connectivity index (χ1) is 13.7. The summed E-state index contributed by atoms with van der Waals surface area (Å²) in [6, 6.07) is 27.6. The summed E-state index contributed by atoms with van der Waals surface area (Å²) in [6.45, 7) is 8.15. The lowest BCUT2D eigenvalue weighted by Crippen LogP contribution is -1.97. The van der Waals surface area contributed by atoms with Crippen LogP contribution in [0.5, 0.6) is 0 Å². The Labute approximate surface area is 166 Å². The number of nitrogens with zero attached hydrogens (tertiary/aromatic N) is 1. The first-order valence-electron chi connectivity index (χ1n) is 9.54. The van der Waals surface area contributed by atoms with Crippen LogP contribution in [0.1, 0.15) is 22.4 Å². The van der Waals surface area contributed by atoms with E-state index in [9.17, 15) is 0 Å². The van der Waals surface area contributed by atoms with E-state index in [-0.39, 0.29) is 0 Å². The summed E-state index contributed by atoms with van der Waals surface area (Å²) >= 11 is 0. The van der Waals surface area contributed by atoms with Crippen LogP contribution in [0.15, 0.2) is 97.6 Å². The Bertz CT molecular complexity index is 1170. The zero-order valence-corrected chi connectivity index (χ0v) is 16.3. The zero-order valence-electron chi connectivity index (χ0n) is 16.3. The van der Waals surface area contributed by atoms with Crippen LogP contribution in [0.2, 0.25) is 0 Å². The second-order valence-electron chi connectivity index (χ2n) is 6.99. The number of hydrogen-bond donors (Lipinski definition) is 0. The Morgan fingerprint density at radius 2 is 1.54 bits per heavy atom. The largest absolute Gasteiger partial charge is 0.253 e. The van der Waals surface area contributed by atoms with Crippen LogP contribution in [0.3, 0.4) is 0 Å². The van der Waals surface area contributed by atoms with Gasteiger partial charge in [-0.2, -0.15) is 0 Å². The zero-order chi connectivity index (χ0) is 19.5. The van der Waals surface area contributed by atoms with Crippen LogP contribution < -0.4 is 0 Å². The molecule has 0 unspecified atom stereocenters. The van der Waals surface area contributed by atoms with Gasteiger partial charge in [-0.3, -0.25) is 4.98 Å². The molecule has 4 aromatic rings. The molecule has 0 saturated heterocycles. The van der Waals surface area contributed by atoms with Crippen molar-refractivity contribution in [1.29, 1.82) is 0 Å². The Balaban J connectivity index is 1.97. The topological polar surface area (TPSA) is 12.9 Å². The van der Waals surface area contributed by atoms with Gasteiger partial charge in [-0.1, -0.05) is 91.5 Å². The third-order valence-corrected chi connectivity index (χ3v) is 5.11. The van der Waals surface area contributed by atoms with Gasteiger partial charge in [0.1, 0.15) is 0 Å². The maximum Gasteiger partial charge on any atom is 0.0746 e. The molecule has 1 heterocycles. The number of hydrogen-bond acceptors (Lipinski definition) is 1. The second-order valence-corrected chi connectivity index (χ2v) is 6.99. The molecule has 0 aliphatic heterocycles. The van der Waals surface area contributed by atoms with E-state index >= 15 is 0 Å². The van der Waals surface area contributed by atoms with Crippen molar-refractivity contribution in [3.05, 3.63) is 120 Å². The van der Waals surface area contributed by atoms with E-state index in [0.29, 0.717) is 0 Å². The molecule has 4 rings (SSSR count). The summed E-state index contributed by atoms with van der Waals surface area (Å²) in [7, 11) is 0. The highest BCUT2D eigenvalue weighted by atomic mass is 14.7. The standard InChI is InChI=1S/C27H23N/c1-4-11-24(21-12-7-5-8-13-21)23-16-17-25-26(22-14-9-6-10-15-22)18-19(2)28-27(25)20(23)3/h4-18H,1H2,2-3H3/b24-11-. The maximum atomic E-state index is 4.91. The summed E-state index contributed by atoms with van der Waals surface area (Å²) in [5.41, 5.74) is 9.26. The summed E-state index contributed by atoms with van der Waals surface area (Å²) in [5.74, 6) is 0. The third-order valence-electron chi connectivity index (χ3n) is 5.11. The highest BCUT2D eigenvalue weighted by Gasteiger charge is 2.14. The Hall–Kier alpha value is -3.45. The molecular formula is C27H23N. The van der Waals surface area contributed by atoms with Gasteiger partial charge in [-0.05, 0) is 53.3 Å². The maximum absolute atomic E-state index is 4.91. The molecular weight excluding hydrogens is 338 g/mol. The van der Waals surface area contributed by atoms with Crippen molar-refractivity contribution >= 4 is 16.5 Å². The predicted molar refractivity (Wildman–Crippen MR) is 120 cm³/mol. The molecule has 136 valence electrons. The molecule has 0 spiro atoms. The van der Waals surface area contributed by atoms with E-state index in [1.807, 2.05) is 12.1 Å². The second kappa shape index (κ2) is 7.66. The van der Waals surface area contributed by atoms with E-state index in [4.69, 9.17) is 4.98 Å². The van der Waals surface area contributed by atoms with Crippen molar-refractivity contribution in [2.45, 2.75) is 13.8 Å². The molecule has 28 heavy (non-hydrogen) atoms. The van der Waals surface area contributed by atoms with Crippen LogP contribution >= 0.6 is 0 Å². The molecule has 0 fully saturated rings. The molecule has 0 N–H and O–H groups in total. The van der Waals surface area contributed by atoms with Crippen molar-refractivity contribution in [2.24, 2.45) is 0 Å². The van der Waals surface area contributed by atoms with Crippen LogP contribution in [0.25, 0.3) is 27.6 Å². The number of allylic oxidation sites excluding steroid dienone is 2. The van der Waals surface area contributed by atoms with E-state index in [2.05, 4.69) is 99.3 Å². The lowest BCUT2D eigenvalue weighted by molar-refractivity contribution is 1.24. The van der Waals surface area contributed by atoms with Crippen molar-refractivity contribution in [3.8, 4) is 11.1 Å². The van der Waals surface area contributed by atoms with Gasteiger partial charge in [0.2, 0.25) is 0 Å². The highest BCUT2D eigenvalue weighted by Crippen LogP contribution is 2.35. The molecule has 1 aromatic heterocycles. The van der Waals surface area contributed by atoms with E-state index in [0.717, 1.165) is 11.2 Å². The van der Waals surface area contributed by atoms with Gasteiger partial charge in [0, 0.05) is 11.1 Å². The highest BCUT2D eigenvalue weighted by molar-refractivity contribution is 5.99. The Morgan fingerprint density at radius 3 is 2.21 bits per heavy atom. The fourth-order valence-electron chi connectivity index (χ4n) is 3.78. The SMILES string of the molecule is C=C/C=C(/c1ccccc1)c1ccc2c(-c3ccccc3)cc(C)nc2c1C. The smallest absolute Gasteiger partial charge is 0.0746 e. The van der Waals surface area contributed by atoms with Crippen LogP contribution in [-0.4, -0.2) is 4.98 Å². The third kappa shape index (κ3) is 3.27.